The van der Waals surface area contributed by atoms with Crippen LogP contribution in [0.15, 0.2) is 21.8 Å². The molecule has 0 aliphatic carbocycles. The Bertz CT molecular complexity index is 691. The summed E-state index contributed by atoms with van der Waals surface area (Å²) in [5.41, 5.74) is 2.23. The number of carboxylic acids is 1. The molecule has 0 unspecified atom stereocenters. The summed E-state index contributed by atoms with van der Waals surface area (Å²) in [5.74, 6) is 0.556. The first-order valence-corrected chi connectivity index (χ1v) is 7.96. The Balaban J connectivity index is 1.77. The standard InChI is InChI=1S/C12H11BrN4O3S/c13-9-3-7-1-2-20-11(7)8(4-9)6-21-12-14-15-16-17(12)5-10(18)19/h3-4H,1-2,5-6H2,(H,18,19). The van der Waals surface area contributed by atoms with Crippen LogP contribution in [-0.2, 0) is 23.5 Å². The van der Waals surface area contributed by atoms with Gasteiger partial charge in [0.25, 0.3) is 0 Å². The van der Waals surface area contributed by atoms with Crippen molar-refractivity contribution in [3.05, 3.63) is 27.7 Å². The van der Waals surface area contributed by atoms with Crippen molar-refractivity contribution in [1.82, 2.24) is 20.2 Å². The van der Waals surface area contributed by atoms with Gasteiger partial charge in [0.15, 0.2) is 0 Å². The number of hydrogen-bond acceptors (Lipinski definition) is 6. The van der Waals surface area contributed by atoms with Crippen LogP contribution in [0, 0.1) is 0 Å². The van der Waals surface area contributed by atoms with Crippen LogP contribution in [0.1, 0.15) is 11.1 Å². The van der Waals surface area contributed by atoms with Gasteiger partial charge in [-0.3, -0.25) is 4.79 Å². The molecule has 0 saturated heterocycles. The number of thioether (sulfide) groups is 1. The van der Waals surface area contributed by atoms with Crippen LogP contribution in [0.25, 0.3) is 0 Å². The normalized spacial score (nSPS) is 13.0. The lowest BCUT2D eigenvalue weighted by Gasteiger charge is -2.08. The van der Waals surface area contributed by atoms with E-state index in [9.17, 15) is 4.79 Å². The molecular formula is C12H11BrN4O3S. The highest BCUT2D eigenvalue weighted by atomic mass is 79.9. The molecule has 0 saturated carbocycles. The van der Waals surface area contributed by atoms with Gasteiger partial charge in [0.05, 0.1) is 6.61 Å². The number of rotatable bonds is 5. The minimum Gasteiger partial charge on any atom is -0.493 e. The molecule has 2 heterocycles. The molecule has 0 bridgehead atoms. The average molecular weight is 371 g/mol. The number of aromatic nitrogens is 4. The van der Waals surface area contributed by atoms with Crippen LogP contribution in [0.4, 0.5) is 0 Å². The van der Waals surface area contributed by atoms with E-state index in [0.29, 0.717) is 17.5 Å². The fourth-order valence-electron chi connectivity index (χ4n) is 2.12. The molecule has 7 nitrogen and oxygen atoms in total. The van der Waals surface area contributed by atoms with Crippen molar-refractivity contribution in [2.45, 2.75) is 23.9 Å². The van der Waals surface area contributed by atoms with E-state index < -0.39 is 5.97 Å². The summed E-state index contributed by atoms with van der Waals surface area (Å²) in [4.78, 5) is 10.7. The zero-order valence-corrected chi connectivity index (χ0v) is 13.2. The molecule has 1 aromatic heterocycles. The van der Waals surface area contributed by atoms with Crippen molar-refractivity contribution >= 4 is 33.7 Å². The molecular weight excluding hydrogens is 360 g/mol. The maximum absolute atomic E-state index is 10.7. The Morgan fingerprint density at radius 3 is 3.19 bits per heavy atom. The van der Waals surface area contributed by atoms with Gasteiger partial charge in [0.1, 0.15) is 12.3 Å². The van der Waals surface area contributed by atoms with Crippen molar-refractivity contribution in [3.63, 3.8) is 0 Å². The molecule has 2 aromatic rings. The van der Waals surface area contributed by atoms with Crippen molar-refractivity contribution in [2.75, 3.05) is 6.61 Å². The molecule has 0 spiro atoms. The zero-order valence-electron chi connectivity index (χ0n) is 10.8. The topological polar surface area (TPSA) is 90.1 Å². The number of ether oxygens (including phenoxy) is 1. The molecule has 0 amide bonds. The smallest absolute Gasteiger partial charge is 0.325 e. The highest BCUT2D eigenvalue weighted by Gasteiger charge is 2.18. The molecule has 3 rings (SSSR count). The van der Waals surface area contributed by atoms with Gasteiger partial charge >= 0.3 is 5.97 Å². The SMILES string of the molecule is O=C(O)Cn1nnnc1SCc1cc(Br)cc2c1OCC2. The molecule has 1 aromatic carbocycles. The van der Waals surface area contributed by atoms with Gasteiger partial charge in [-0.1, -0.05) is 27.7 Å². The van der Waals surface area contributed by atoms with Gasteiger partial charge in [-0.2, -0.15) is 0 Å². The summed E-state index contributed by atoms with van der Waals surface area (Å²) in [6.07, 6.45) is 0.906. The minimum absolute atomic E-state index is 0.248. The molecule has 1 aliphatic heterocycles. The van der Waals surface area contributed by atoms with E-state index in [-0.39, 0.29) is 6.54 Å². The van der Waals surface area contributed by atoms with E-state index in [2.05, 4.69) is 37.5 Å². The molecule has 0 radical (unpaired) electrons. The predicted octanol–water partition coefficient (Wildman–Crippen LogP) is 1.75. The Kier molecular flexibility index (Phi) is 4.11. The molecule has 0 atom stereocenters. The van der Waals surface area contributed by atoms with E-state index in [0.717, 1.165) is 22.2 Å². The monoisotopic (exact) mass is 370 g/mol. The predicted molar refractivity (Wildman–Crippen MR) is 78.4 cm³/mol. The molecule has 1 aliphatic rings. The van der Waals surface area contributed by atoms with E-state index in [1.54, 1.807) is 0 Å². The molecule has 21 heavy (non-hydrogen) atoms. The van der Waals surface area contributed by atoms with Crippen LogP contribution in [0.3, 0.4) is 0 Å². The van der Waals surface area contributed by atoms with Gasteiger partial charge in [0, 0.05) is 22.2 Å². The van der Waals surface area contributed by atoms with Gasteiger partial charge < -0.3 is 9.84 Å². The van der Waals surface area contributed by atoms with Crippen molar-refractivity contribution in [1.29, 1.82) is 0 Å². The second kappa shape index (κ2) is 6.02. The fourth-order valence-corrected chi connectivity index (χ4v) is 3.52. The van der Waals surface area contributed by atoms with Crippen molar-refractivity contribution in [2.24, 2.45) is 0 Å². The lowest BCUT2D eigenvalue weighted by atomic mass is 10.1. The lowest BCUT2D eigenvalue weighted by molar-refractivity contribution is -0.138. The Labute approximate surface area is 132 Å². The highest BCUT2D eigenvalue weighted by Crippen LogP contribution is 2.36. The average Bonchev–Trinajstić information content (AvgIpc) is 3.04. The van der Waals surface area contributed by atoms with Gasteiger partial charge in [-0.05, 0) is 28.1 Å². The number of nitrogens with zero attached hydrogens (tertiary/aromatic N) is 4. The zero-order chi connectivity index (χ0) is 14.8. The largest absolute Gasteiger partial charge is 0.493 e. The molecule has 9 heteroatoms. The highest BCUT2D eigenvalue weighted by molar-refractivity contribution is 9.10. The Hall–Kier alpha value is -1.61. The third-order valence-corrected chi connectivity index (χ3v) is 4.43. The van der Waals surface area contributed by atoms with Crippen LogP contribution in [-0.4, -0.2) is 37.9 Å². The van der Waals surface area contributed by atoms with E-state index in [1.165, 1.54) is 22.0 Å². The van der Waals surface area contributed by atoms with Crippen molar-refractivity contribution in [3.8, 4) is 5.75 Å². The first-order valence-electron chi connectivity index (χ1n) is 6.18. The minimum atomic E-state index is -0.976. The molecule has 110 valence electrons. The number of tetrazole rings is 1. The summed E-state index contributed by atoms with van der Waals surface area (Å²) in [6, 6.07) is 4.06. The summed E-state index contributed by atoms with van der Waals surface area (Å²) in [7, 11) is 0. The van der Waals surface area contributed by atoms with Gasteiger partial charge in [0.2, 0.25) is 5.16 Å². The van der Waals surface area contributed by atoms with E-state index >= 15 is 0 Å². The fraction of sp³-hybridized carbons (Fsp3) is 0.333. The third kappa shape index (κ3) is 3.18. The van der Waals surface area contributed by atoms with Crippen LogP contribution in [0.2, 0.25) is 0 Å². The van der Waals surface area contributed by atoms with E-state index in [1.807, 2.05) is 6.07 Å². The lowest BCUT2D eigenvalue weighted by Crippen LogP contribution is -2.11. The first kappa shape index (κ1) is 14.3. The number of carbonyl (C=O) groups is 1. The quantitative estimate of drug-likeness (QED) is 0.801. The summed E-state index contributed by atoms with van der Waals surface area (Å²) >= 11 is 4.88. The molecule has 1 N–H and O–H groups in total. The Morgan fingerprint density at radius 1 is 1.52 bits per heavy atom. The van der Waals surface area contributed by atoms with Gasteiger partial charge in [-0.25, -0.2) is 4.68 Å². The maximum Gasteiger partial charge on any atom is 0.325 e. The third-order valence-electron chi connectivity index (χ3n) is 2.97. The maximum atomic E-state index is 10.7. The van der Waals surface area contributed by atoms with Crippen molar-refractivity contribution < 1.29 is 14.6 Å². The number of fused-ring (bicyclic) bond motifs is 1. The molecule has 0 fully saturated rings. The number of carboxylic acid groups (broad SMARTS) is 1. The van der Waals surface area contributed by atoms with Crippen LogP contribution in [0.5, 0.6) is 5.75 Å². The number of aliphatic carboxylic acids is 1. The van der Waals surface area contributed by atoms with Gasteiger partial charge in [-0.15, -0.1) is 5.10 Å². The summed E-state index contributed by atoms with van der Waals surface area (Å²) in [5, 5.41) is 20.3. The number of hydrogen-bond donors (Lipinski definition) is 1. The number of benzene rings is 1. The van der Waals surface area contributed by atoms with Crippen LogP contribution >= 0.6 is 27.7 Å². The van der Waals surface area contributed by atoms with Crippen LogP contribution < -0.4 is 4.74 Å². The number of halogens is 1. The van der Waals surface area contributed by atoms with E-state index in [4.69, 9.17) is 9.84 Å². The summed E-state index contributed by atoms with van der Waals surface area (Å²) < 4.78 is 7.94. The first-order chi connectivity index (χ1) is 10.1. The Morgan fingerprint density at radius 2 is 2.38 bits per heavy atom. The second-order valence-electron chi connectivity index (χ2n) is 4.45. The summed E-state index contributed by atoms with van der Waals surface area (Å²) in [6.45, 7) is 0.447. The second-order valence-corrected chi connectivity index (χ2v) is 6.31.